The lowest BCUT2D eigenvalue weighted by Gasteiger charge is -2.42. The molecule has 1 saturated heterocycles. The lowest BCUT2D eigenvalue weighted by molar-refractivity contribution is -0.137. The molecule has 1 fully saturated rings. The first kappa shape index (κ1) is 17.7. The highest BCUT2D eigenvalue weighted by atomic mass is 35.5. The molecule has 0 bridgehead atoms. The Labute approximate surface area is 152 Å². The van der Waals surface area contributed by atoms with Gasteiger partial charge >= 0.3 is 6.03 Å². The Bertz CT molecular complexity index is 705. The molecule has 7 nitrogen and oxygen atoms in total. The molecule has 1 aromatic rings. The van der Waals surface area contributed by atoms with Crippen LogP contribution in [0, 0.1) is 0 Å². The number of hydrogen-bond donors (Lipinski definition) is 0. The summed E-state index contributed by atoms with van der Waals surface area (Å²) in [5, 5.41) is 0.399. The molecule has 3 heterocycles. The monoisotopic (exact) mass is 363 g/mol. The average molecular weight is 364 g/mol. The summed E-state index contributed by atoms with van der Waals surface area (Å²) in [5.74, 6) is 0.465. The van der Waals surface area contributed by atoms with Crippen molar-refractivity contribution in [1.29, 1.82) is 0 Å². The average Bonchev–Trinajstić information content (AvgIpc) is 2.94. The van der Waals surface area contributed by atoms with Gasteiger partial charge in [0.2, 0.25) is 0 Å². The lowest BCUT2D eigenvalue weighted by Crippen LogP contribution is -2.65. The Morgan fingerprint density at radius 2 is 1.88 bits per heavy atom. The van der Waals surface area contributed by atoms with Crippen molar-refractivity contribution in [1.82, 2.24) is 19.7 Å². The predicted molar refractivity (Wildman–Crippen MR) is 95.5 cm³/mol. The van der Waals surface area contributed by atoms with Gasteiger partial charge < -0.3 is 4.90 Å². The number of urea groups is 1. The maximum atomic E-state index is 12.9. The Morgan fingerprint density at radius 1 is 1.16 bits per heavy atom. The molecule has 0 aromatic carbocycles. The fourth-order valence-electron chi connectivity index (χ4n) is 3.36. The summed E-state index contributed by atoms with van der Waals surface area (Å²) in [6, 6.07) is 2.77. The van der Waals surface area contributed by atoms with Gasteiger partial charge in [-0.25, -0.2) is 14.8 Å². The maximum absolute atomic E-state index is 12.9. The third kappa shape index (κ3) is 2.97. The largest absolute Gasteiger partial charge is 0.344 e. The quantitative estimate of drug-likeness (QED) is 0.752. The molecular formula is C17H22ClN5O2. The summed E-state index contributed by atoms with van der Waals surface area (Å²) in [7, 11) is 1.83. The topological polar surface area (TPSA) is 69.1 Å². The van der Waals surface area contributed by atoms with Crippen molar-refractivity contribution in [3.63, 3.8) is 0 Å². The van der Waals surface area contributed by atoms with E-state index in [0.717, 1.165) is 18.4 Å². The van der Waals surface area contributed by atoms with Crippen LogP contribution in [0.4, 0.5) is 4.79 Å². The fourth-order valence-corrected chi connectivity index (χ4v) is 3.47. The molecule has 25 heavy (non-hydrogen) atoms. The van der Waals surface area contributed by atoms with Crippen molar-refractivity contribution in [3.05, 3.63) is 29.0 Å². The second kappa shape index (κ2) is 7.00. The number of hydrogen-bond acceptors (Lipinski definition) is 5. The minimum Gasteiger partial charge on any atom is -0.344 e. The van der Waals surface area contributed by atoms with Gasteiger partial charge in [0.05, 0.1) is 0 Å². The molecular weight excluding hydrogens is 342 g/mol. The highest BCUT2D eigenvalue weighted by Crippen LogP contribution is 2.30. The van der Waals surface area contributed by atoms with Crippen LogP contribution in [0.5, 0.6) is 0 Å². The molecule has 0 spiro atoms. The van der Waals surface area contributed by atoms with Crippen LogP contribution in [0.3, 0.4) is 0 Å². The van der Waals surface area contributed by atoms with Crippen LogP contribution in [-0.2, 0) is 4.79 Å². The highest BCUT2D eigenvalue weighted by Gasteiger charge is 2.51. The SMILES string of the molecule is CCCN1C(=O)C2C(N=C(c3ccc(Cl)nc3)N2C)N(CCC)C1=O. The molecule has 3 amide bonds. The van der Waals surface area contributed by atoms with Crippen molar-refractivity contribution in [2.75, 3.05) is 20.1 Å². The Morgan fingerprint density at radius 3 is 2.48 bits per heavy atom. The molecule has 0 saturated carbocycles. The van der Waals surface area contributed by atoms with Gasteiger partial charge in [0.25, 0.3) is 5.91 Å². The summed E-state index contributed by atoms with van der Waals surface area (Å²) in [4.78, 5) is 39.4. The number of aromatic nitrogens is 1. The zero-order valence-electron chi connectivity index (χ0n) is 14.6. The molecule has 1 aromatic heterocycles. The van der Waals surface area contributed by atoms with E-state index >= 15 is 0 Å². The van der Waals surface area contributed by atoms with Gasteiger partial charge in [0.15, 0.2) is 12.2 Å². The summed E-state index contributed by atoms with van der Waals surface area (Å²) in [6.45, 7) is 4.95. The zero-order valence-corrected chi connectivity index (χ0v) is 15.4. The molecule has 2 aliphatic heterocycles. The molecule has 8 heteroatoms. The van der Waals surface area contributed by atoms with Gasteiger partial charge in [-0.15, -0.1) is 0 Å². The Kier molecular flexibility index (Phi) is 4.94. The maximum Gasteiger partial charge on any atom is 0.328 e. The van der Waals surface area contributed by atoms with Gasteiger partial charge in [0.1, 0.15) is 11.0 Å². The van der Waals surface area contributed by atoms with Gasteiger partial charge in [-0.2, -0.15) is 0 Å². The molecule has 2 atom stereocenters. The summed E-state index contributed by atoms with van der Waals surface area (Å²) in [6.07, 6.45) is 2.67. The van der Waals surface area contributed by atoms with Crippen LogP contribution in [0.15, 0.2) is 23.3 Å². The number of likely N-dealkylation sites (N-methyl/N-ethyl adjacent to an activating group) is 1. The minimum atomic E-state index is -0.499. The van der Waals surface area contributed by atoms with E-state index in [1.54, 1.807) is 17.2 Å². The Balaban J connectivity index is 1.99. The standard InChI is InChI=1S/C17H22ClN5O2/c1-4-8-22-15-13(16(24)23(9-5-2)17(22)25)21(3)14(20-15)11-6-7-12(18)19-10-11/h6-7,10,13,15H,4-5,8-9H2,1-3H3. The number of rotatable bonds is 5. The van der Waals surface area contributed by atoms with Crippen molar-refractivity contribution in [2.45, 2.75) is 38.9 Å². The number of fused-ring (bicyclic) bond motifs is 1. The smallest absolute Gasteiger partial charge is 0.328 e. The number of pyridine rings is 1. The van der Waals surface area contributed by atoms with E-state index in [4.69, 9.17) is 16.6 Å². The third-order valence-corrected chi connectivity index (χ3v) is 4.72. The van der Waals surface area contributed by atoms with Crippen LogP contribution < -0.4 is 0 Å². The van der Waals surface area contributed by atoms with E-state index < -0.39 is 12.2 Å². The van der Waals surface area contributed by atoms with Gasteiger partial charge in [-0.3, -0.25) is 14.6 Å². The first-order chi connectivity index (χ1) is 12.0. The number of amides is 3. The van der Waals surface area contributed by atoms with Crippen LogP contribution in [0.1, 0.15) is 32.3 Å². The fraction of sp³-hybridized carbons (Fsp3) is 0.529. The normalized spacial score (nSPS) is 23.2. The highest BCUT2D eigenvalue weighted by molar-refractivity contribution is 6.29. The molecule has 0 radical (unpaired) electrons. The second-order valence-corrected chi connectivity index (χ2v) is 6.64. The van der Waals surface area contributed by atoms with E-state index in [1.165, 1.54) is 4.90 Å². The van der Waals surface area contributed by atoms with Crippen molar-refractivity contribution >= 4 is 29.4 Å². The molecule has 134 valence electrons. The molecule has 2 unspecified atom stereocenters. The van der Waals surface area contributed by atoms with E-state index in [9.17, 15) is 9.59 Å². The second-order valence-electron chi connectivity index (χ2n) is 6.26. The van der Waals surface area contributed by atoms with Crippen molar-refractivity contribution < 1.29 is 9.59 Å². The first-order valence-corrected chi connectivity index (χ1v) is 8.91. The van der Waals surface area contributed by atoms with E-state index in [2.05, 4.69) is 4.98 Å². The molecule has 0 N–H and O–H groups in total. The van der Waals surface area contributed by atoms with Gasteiger partial charge in [0, 0.05) is 31.9 Å². The summed E-state index contributed by atoms with van der Waals surface area (Å²) in [5.41, 5.74) is 0.778. The zero-order chi connectivity index (χ0) is 18.1. The minimum absolute atomic E-state index is 0.188. The van der Waals surface area contributed by atoms with E-state index in [1.807, 2.05) is 31.9 Å². The lowest BCUT2D eigenvalue weighted by atomic mass is 10.1. The summed E-state index contributed by atoms with van der Waals surface area (Å²) < 4.78 is 0. The molecule has 3 rings (SSSR count). The third-order valence-electron chi connectivity index (χ3n) is 4.50. The van der Waals surface area contributed by atoms with E-state index in [-0.39, 0.29) is 11.9 Å². The van der Waals surface area contributed by atoms with Gasteiger partial charge in [-0.05, 0) is 25.0 Å². The summed E-state index contributed by atoms with van der Waals surface area (Å²) >= 11 is 5.86. The first-order valence-electron chi connectivity index (χ1n) is 8.54. The number of aliphatic imine (C=N–C) groups is 1. The van der Waals surface area contributed by atoms with Gasteiger partial charge in [-0.1, -0.05) is 25.4 Å². The number of carbonyl (C=O) groups is 2. The number of carbonyl (C=O) groups excluding carboxylic acids is 2. The number of amidine groups is 1. The van der Waals surface area contributed by atoms with Crippen LogP contribution in [-0.4, -0.2) is 69.8 Å². The Hall–Kier alpha value is -2.15. The van der Waals surface area contributed by atoms with Crippen molar-refractivity contribution in [3.8, 4) is 0 Å². The van der Waals surface area contributed by atoms with Crippen LogP contribution in [0.25, 0.3) is 0 Å². The van der Waals surface area contributed by atoms with Crippen molar-refractivity contribution in [2.24, 2.45) is 4.99 Å². The predicted octanol–water partition coefficient (Wildman–Crippen LogP) is 2.21. The number of nitrogens with zero attached hydrogens (tertiary/aromatic N) is 5. The van der Waals surface area contributed by atoms with Crippen LogP contribution >= 0.6 is 11.6 Å². The molecule has 2 aliphatic rings. The number of imide groups is 1. The van der Waals surface area contributed by atoms with Crippen LogP contribution in [0.2, 0.25) is 5.15 Å². The number of halogens is 1. The molecule has 0 aliphatic carbocycles. The van der Waals surface area contributed by atoms with E-state index in [0.29, 0.717) is 24.1 Å².